The van der Waals surface area contributed by atoms with Crippen molar-refractivity contribution in [3.05, 3.63) is 58.1 Å². The van der Waals surface area contributed by atoms with E-state index in [1.807, 2.05) is 18.2 Å². The fourth-order valence-electron chi connectivity index (χ4n) is 1.75. The Bertz CT molecular complexity index is 741. The molecule has 8 heteroatoms. The third-order valence-corrected chi connectivity index (χ3v) is 4.61. The van der Waals surface area contributed by atoms with E-state index in [0.29, 0.717) is 10.0 Å². The number of hydrogen-bond donors (Lipinski definition) is 2. The summed E-state index contributed by atoms with van der Waals surface area (Å²) in [4.78, 5) is 22.6. The van der Waals surface area contributed by atoms with Crippen LogP contribution in [-0.2, 0) is 16.1 Å². The van der Waals surface area contributed by atoms with E-state index in [1.165, 1.54) is 10.5 Å². The molecule has 2 aromatic rings. The second kappa shape index (κ2) is 10.3. The fourth-order valence-corrected chi connectivity index (χ4v) is 3.22. The lowest BCUT2D eigenvalue weighted by Crippen LogP contribution is -2.11. The van der Waals surface area contributed by atoms with Gasteiger partial charge in [-0.15, -0.1) is 0 Å². The molecule has 5 nitrogen and oxygen atoms in total. The van der Waals surface area contributed by atoms with Crippen LogP contribution < -0.4 is 0 Å². The van der Waals surface area contributed by atoms with Gasteiger partial charge in [0.05, 0.1) is 5.02 Å². The van der Waals surface area contributed by atoms with Gasteiger partial charge < -0.3 is 15.1 Å². The summed E-state index contributed by atoms with van der Waals surface area (Å²) in [6.45, 7) is 0.911. The predicted octanol–water partition coefficient (Wildman–Crippen LogP) is 4.36. The quantitative estimate of drug-likeness (QED) is 0.740. The lowest BCUT2D eigenvalue weighted by Gasteiger charge is -2.14. The Kier molecular flexibility index (Phi) is 8.78. The van der Waals surface area contributed by atoms with Crippen LogP contribution in [0.5, 0.6) is 0 Å². The van der Waals surface area contributed by atoms with Gasteiger partial charge in [-0.05, 0) is 43.9 Å². The van der Waals surface area contributed by atoms with Crippen LogP contribution in [0.25, 0.3) is 0 Å². The molecule has 0 saturated heterocycles. The molecule has 0 bridgehead atoms. The van der Waals surface area contributed by atoms with Crippen molar-refractivity contribution in [2.45, 2.75) is 16.3 Å². The Morgan fingerprint density at radius 2 is 1.60 bits per heavy atom. The fraction of sp³-hybridized carbons (Fsp3) is 0.176. The first-order chi connectivity index (χ1) is 11.7. The molecule has 2 aromatic carbocycles. The Balaban J connectivity index is 0.000000450. The zero-order valence-corrected chi connectivity index (χ0v) is 15.9. The van der Waals surface area contributed by atoms with E-state index in [-0.39, 0.29) is 0 Å². The van der Waals surface area contributed by atoms with Gasteiger partial charge in [0.1, 0.15) is 0 Å². The molecule has 0 unspecified atom stereocenters. The van der Waals surface area contributed by atoms with Crippen molar-refractivity contribution in [3.8, 4) is 0 Å². The molecular weight excluding hydrogens is 385 g/mol. The number of carboxylic acid groups (broad SMARTS) is 2. The second-order valence-electron chi connectivity index (χ2n) is 5.13. The van der Waals surface area contributed by atoms with Crippen molar-refractivity contribution >= 4 is 46.9 Å². The first-order valence-corrected chi connectivity index (χ1v) is 8.59. The summed E-state index contributed by atoms with van der Waals surface area (Å²) in [5, 5.41) is 16.1. The van der Waals surface area contributed by atoms with Crippen LogP contribution in [0, 0.1) is 0 Å². The van der Waals surface area contributed by atoms with E-state index in [0.717, 1.165) is 11.4 Å². The number of hydrogen-bond acceptors (Lipinski definition) is 4. The summed E-state index contributed by atoms with van der Waals surface area (Å²) >= 11 is 13.8. The third-order valence-electron chi connectivity index (χ3n) is 2.76. The van der Waals surface area contributed by atoms with E-state index in [2.05, 4.69) is 37.2 Å². The topological polar surface area (TPSA) is 77.8 Å². The first kappa shape index (κ1) is 21.3. The Labute approximate surface area is 160 Å². The largest absolute Gasteiger partial charge is 0.473 e. The van der Waals surface area contributed by atoms with Crippen LogP contribution >= 0.6 is 35.0 Å². The van der Waals surface area contributed by atoms with Gasteiger partial charge in [0, 0.05) is 21.4 Å². The molecule has 0 fully saturated rings. The maximum Gasteiger partial charge on any atom is 0.414 e. The minimum Gasteiger partial charge on any atom is -0.473 e. The van der Waals surface area contributed by atoms with Gasteiger partial charge in [-0.2, -0.15) is 0 Å². The maximum absolute atomic E-state index is 9.10. The molecule has 0 aliphatic rings. The number of aliphatic carboxylic acids is 2. The molecule has 0 saturated carbocycles. The maximum atomic E-state index is 9.10. The minimum atomic E-state index is -1.82. The first-order valence-electron chi connectivity index (χ1n) is 7.02. The van der Waals surface area contributed by atoms with Crippen LogP contribution in [0.15, 0.2) is 52.3 Å². The standard InChI is InChI=1S/C15H15Cl2NS.C2H2O4/c1-18(2)10-11-5-3-4-6-14(11)19-15-8-7-12(16)9-13(15)17;3-1(4)2(5)6/h3-9H,10H2,1-2H3;(H,3,4)(H,5,6). The molecule has 2 N–H and O–H groups in total. The van der Waals surface area contributed by atoms with Gasteiger partial charge in [0.2, 0.25) is 0 Å². The number of carboxylic acids is 2. The summed E-state index contributed by atoms with van der Waals surface area (Å²) < 4.78 is 0. The summed E-state index contributed by atoms with van der Waals surface area (Å²) in [6, 6.07) is 14.0. The number of nitrogens with zero attached hydrogens (tertiary/aromatic N) is 1. The van der Waals surface area contributed by atoms with E-state index in [4.69, 9.17) is 43.0 Å². The minimum absolute atomic E-state index is 0.663. The van der Waals surface area contributed by atoms with E-state index < -0.39 is 11.9 Å². The average molecular weight is 402 g/mol. The van der Waals surface area contributed by atoms with E-state index >= 15 is 0 Å². The van der Waals surface area contributed by atoms with Gasteiger partial charge in [-0.1, -0.05) is 53.2 Å². The van der Waals surface area contributed by atoms with Crippen LogP contribution in [0.4, 0.5) is 0 Å². The lowest BCUT2D eigenvalue weighted by molar-refractivity contribution is -0.159. The Hall–Kier alpha value is -1.73. The molecule has 2 rings (SSSR count). The molecule has 0 atom stereocenters. The van der Waals surface area contributed by atoms with Gasteiger partial charge in [0.15, 0.2) is 0 Å². The van der Waals surface area contributed by atoms with Crippen molar-refractivity contribution in [3.63, 3.8) is 0 Å². The van der Waals surface area contributed by atoms with Crippen molar-refractivity contribution in [1.29, 1.82) is 0 Å². The van der Waals surface area contributed by atoms with Crippen LogP contribution in [-0.4, -0.2) is 41.1 Å². The molecule has 0 amide bonds. The van der Waals surface area contributed by atoms with Gasteiger partial charge in [-0.25, -0.2) is 9.59 Å². The molecule has 134 valence electrons. The number of halogens is 2. The summed E-state index contributed by atoms with van der Waals surface area (Å²) in [5.41, 5.74) is 1.29. The number of carbonyl (C=O) groups is 2. The van der Waals surface area contributed by atoms with Crippen LogP contribution in [0.1, 0.15) is 5.56 Å². The zero-order valence-electron chi connectivity index (χ0n) is 13.6. The van der Waals surface area contributed by atoms with Crippen molar-refractivity contribution in [2.24, 2.45) is 0 Å². The molecule has 0 aliphatic heterocycles. The third kappa shape index (κ3) is 7.79. The molecule has 0 spiro atoms. The summed E-state index contributed by atoms with van der Waals surface area (Å²) in [6.07, 6.45) is 0. The van der Waals surface area contributed by atoms with Gasteiger partial charge >= 0.3 is 11.9 Å². The molecule has 0 radical (unpaired) electrons. The van der Waals surface area contributed by atoms with E-state index in [9.17, 15) is 0 Å². The number of benzene rings is 2. The van der Waals surface area contributed by atoms with Gasteiger partial charge in [0.25, 0.3) is 0 Å². The van der Waals surface area contributed by atoms with Crippen molar-refractivity contribution < 1.29 is 19.8 Å². The summed E-state index contributed by atoms with van der Waals surface area (Å²) in [5.74, 6) is -3.65. The highest BCUT2D eigenvalue weighted by molar-refractivity contribution is 7.99. The predicted molar refractivity (Wildman–Crippen MR) is 99.7 cm³/mol. The second-order valence-corrected chi connectivity index (χ2v) is 7.06. The highest BCUT2D eigenvalue weighted by Crippen LogP contribution is 2.36. The van der Waals surface area contributed by atoms with Crippen LogP contribution in [0.2, 0.25) is 10.0 Å². The SMILES string of the molecule is CN(C)Cc1ccccc1Sc1ccc(Cl)cc1Cl.O=C(O)C(=O)O. The van der Waals surface area contributed by atoms with Crippen molar-refractivity contribution in [1.82, 2.24) is 4.90 Å². The number of rotatable bonds is 4. The highest BCUT2D eigenvalue weighted by Gasteiger charge is 2.08. The highest BCUT2D eigenvalue weighted by atomic mass is 35.5. The summed E-state index contributed by atoms with van der Waals surface area (Å²) in [7, 11) is 4.13. The van der Waals surface area contributed by atoms with Gasteiger partial charge in [-0.3, -0.25) is 0 Å². The zero-order chi connectivity index (χ0) is 19.0. The molecule has 25 heavy (non-hydrogen) atoms. The molecule has 0 aromatic heterocycles. The average Bonchev–Trinajstić information content (AvgIpc) is 2.52. The van der Waals surface area contributed by atoms with E-state index in [1.54, 1.807) is 17.8 Å². The lowest BCUT2D eigenvalue weighted by atomic mass is 10.2. The Morgan fingerprint density at radius 1 is 1.00 bits per heavy atom. The van der Waals surface area contributed by atoms with Crippen LogP contribution in [0.3, 0.4) is 0 Å². The normalized spacial score (nSPS) is 10.1. The molecule has 0 aliphatic carbocycles. The monoisotopic (exact) mass is 401 g/mol. The van der Waals surface area contributed by atoms with Crippen molar-refractivity contribution in [2.75, 3.05) is 14.1 Å². The molecule has 0 heterocycles. The smallest absolute Gasteiger partial charge is 0.414 e. The Morgan fingerprint density at radius 3 is 2.12 bits per heavy atom. The molecular formula is C17H17Cl2NO4S.